The van der Waals surface area contributed by atoms with Gasteiger partial charge in [-0.15, -0.1) is 0 Å². The van der Waals surface area contributed by atoms with Crippen molar-refractivity contribution in [2.45, 2.75) is 37.5 Å². The summed E-state index contributed by atoms with van der Waals surface area (Å²) in [6, 6.07) is 13.0. The number of fused-ring (bicyclic) bond motifs is 1. The minimum atomic E-state index is -3.15. The van der Waals surface area contributed by atoms with Gasteiger partial charge in [-0.1, -0.05) is 37.3 Å². The summed E-state index contributed by atoms with van der Waals surface area (Å²) in [7, 11) is -3.15. The lowest BCUT2D eigenvalue weighted by Crippen LogP contribution is -2.18. The van der Waals surface area contributed by atoms with Gasteiger partial charge in [0.1, 0.15) is 0 Å². The number of carbonyl (C=O) groups excluding carboxylic acids is 1. The van der Waals surface area contributed by atoms with Crippen LogP contribution in [0.3, 0.4) is 0 Å². The molecule has 2 aromatic rings. The van der Waals surface area contributed by atoms with E-state index in [9.17, 15) is 13.2 Å². The smallest absolute Gasteiger partial charge is 0.228 e. The van der Waals surface area contributed by atoms with E-state index in [0.717, 1.165) is 35.2 Å². The molecule has 4 nitrogen and oxygen atoms in total. The Morgan fingerprint density at radius 2 is 1.96 bits per heavy atom. The Hall–Kier alpha value is -2.14. The topological polar surface area (TPSA) is 63.2 Å². The van der Waals surface area contributed by atoms with E-state index in [1.54, 1.807) is 12.1 Å². The van der Waals surface area contributed by atoms with Gasteiger partial charge in [0.25, 0.3) is 0 Å². The third-order valence-corrected chi connectivity index (χ3v) is 6.25. The van der Waals surface area contributed by atoms with Gasteiger partial charge >= 0.3 is 0 Å². The predicted molar refractivity (Wildman–Crippen MR) is 95.0 cm³/mol. The van der Waals surface area contributed by atoms with Crippen LogP contribution < -0.4 is 5.32 Å². The van der Waals surface area contributed by atoms with E-state index in [4.69, 9.17) is 0 Å². The van der Waals surface area contributed by atoms with Gasteiger partial charge in [0.05, 0.1) is 17.1 Å². The lowest BCUT2D eigenvalue weighted by atomic mass is 10.0. The SMILES string of the molecule is CCc1ccccc1NC(=O)Cc1ccc2c(c1)CCCS2(=O)=O. The average Bonchev–Trinajstić information content (AvgIpc) is 2.54. The van der Waals surface area contributed by atoms with Crippen LogP contribution in [0.15, 0.2) is 47.4 Å². The van der Waals surface area contributed by atoms with E-state index in [1.165, 1.54) is 0 Å². The first-order valence-corrected chi connectivity index (χ1v) is 9.87. The number of para-hydroxylation sites is 1. The Morgan fingerprint density at radius 1 is 1.17 bits per heavy atom. The third kappa shape index (κ3) is 3.51. The van der Waals surface area contributed by atoms with Gasteiger partial charge in [-0.3, -0.25) is 4.79 Å². The number of nitrogens with one attached hydrogen (secondary N) is 1. The largest absolute Gasteiger partial charge is 0.326 e. The highest BCUT2D eigenvalue weighted by atomic mass is 32.2. The molecule has 1 amide bonds. The number of carbonyl (C=O) groups is 1. The minimum absolute atomic E-state index is 0.0884. The molecule has 0 radical (unpaired) electrons. The lowest BCUT2D eigenvalue weighted by Gasteiger charge is -2.17. The molecule has 0 spiro atoms. The number of benzene rings is 2. The van der Waals surface area contributed by atoms with Crippen LogP contribution in [0.2, 0.25) is 0 Å². The van der Waals surface area contributed by atoms with Crippen LogP contribution in [-0.2, 0) is 33.9 Å². The van der Waals surface area contributed by atoms with Crippen LogP contribution in [0.4, 0.5) is 5.69 Å². The van der Waals surface area contributed by atoms with Gasteiger partial charge in [0, 0.05) is 5.69 Å². The predicted octanol–water partition coefficient (Wildman–Crippen LogP) is 3.15. The quantitative estimate of drug-likeness (QED) is 0.927. The maximum atomic E-state index is 12.3. The standard InChI is InChI=1S/C19H21NO3S/c1-2-15-6-3-4-8-17(15)20-19(21)13-14-9-10-18-16(12-14)7-5-11-24(18,22)23/h3-4,6,8-10,12H,2,5,7,11,13H2,1H3,(H,20,21). The number of amides is 1. The zero-order valence-electron chi connectivity index (χ0n) is 13.7. The van der Waals surface area contributed by atoms with E-state index in [2.05, 4.69) is 12.2 Å². The molecular formula is C19H21NO3S. The Morgan fingerprint density at radius 3 is 2.75 bits per heavy atom. The molecule has 0 aromatic heterocycles. The fourth-order valence-electron chi connectivity index (χ4n) is 3.13. The van der Waals surface area contributed by atoms with Gasteiger partial charge in [-0.05, 0) is 48.1 Å². The zero-order valence-corrected chi connectivity index (χ0v) is 14.5. The third-order valence-electron chi connectivity index (χ3n) is 4.36. The highest BCUT2D eigenvalue weighted by Crippen LogP contribution is 2.26. The summed E-state index contributed by atoms with van der Waals surface area (Å²) >= 11 is 0. The first-order chi connectivity index (χ1) is 11.5. The van der Waals surface area contributed by atoms with Gasteiger partial charge in [-0.25, -0.2) is 8.42 Å². The molecule has 1 aliphatic rings. The van der Waals surface area contributed by atoms with E-state index in [1.807, 2.05) is 30.3 Å². The van der Waals surface area contributed by atoms with Gasteiger partial charge < -0.3 is 5.32 Å². The number of sulfone groups is 1. The van der Waals surface area contributed by atoms with Gasteiger partial charge in [0.15, 0.2) is 9.84 Å². The second-order valence-corrected chi connectivity index (χ2v) is 8.18. The van der Waals surface area contributed by atoms with E-state index < -0.39 is 9.84 Å². The summed E-state index contributed by atoms with van der Waals surface area (Å²) in [5, 5.41) is 2.95. The van der Waals surface area contributed by atoms with Crippen LogP contribution in [0.5, 0.6) is 0 Å². The first kappa shape index (κ1) is 16.7. The Balaban J connectivity index is 1.76. The number of anilines is 1. The molecule has 0 bridgehead atoms. The molecule has 0 saturated carbocycles. The molecule has 0 saturated heterocycles. The van der Waals surface area contributed by atoms with Crippen molar-refractivity contribution in [1.29, 1.82) is 0 Å². The van der Waals surface area contributed by atoms with Crippen LogP contribution >= 0.6 is 0 Å². The van der Waals surface area contributed by atoms with E-state index in [-0.39, 0.29) is 18.1 Å². The fraction of sp³-hybridized carbons (Fsp3) is 0.316. The normalized spacial score (nSPS) is 15.5. The van der Waals surface area contributed by atoms with Crippen LogP contribution in [0.25, 0.3) is 0 Å². The second-order valence-electron chi connectivity index (χ2n) is 6.10. The van der Waals surface area contributed by atoms with Crippen molar-refractivity contribution < 1.29 is 13.2 Å². The summed E-state index contributed by atoms with van der Waals surface area (Å²) in [5.41, 5.74) is 3.62. The highest BCUT2D eigenvalue weighted by molar-refractivity contribution is 7.91. The van der Waals surface area contributed by atoms with Gasteiger partial charge in [-0.2, -0.15) is 0 Å². The van der Waals surface area contributed by atoms with E-state index >= 15 is 0 Å². The van der Waals surface area contributed by atoms with E-state index in [0.29, 0.717) is 11.3 Å². The van der Waals surface area contributed by atoms with Crippen molar-refractivity contribution >= 4 is 21.4 Å². The monoisotopic (exact) mass is 343 g/mol. The zero-order chi connectivity index (χ0) is 17.2. The van der Waals surface area contributed by atoms with Crippen LogP contribution in [-0.4, -0.2) is 20.1 Å². The molecule has 1 N–H and O–H groups in total. The summed E-state index contributed by atoms with van der Waals surface area (Å²) in [5.74, 6) is 0.127. The Kier molecular flexibility index (Phi) is 4.71. The maximum absolute atomic E-state index is 12.3. The molecule has 5 heteroatoms. The van der Waals surface area contributed by atoms with Crippen molar-refractivity contribution in [3.8, 4) is 0 Å². The molecule has 1 aliphatic heterocycles. The summed E-state index contributed by atoms with van der Waals surface area (Å²) in [6.45, 7) is 2.05. The molecule has 126 valence electrons. The van der Waals surface area contributed by atoms with Crippen molar-refractivity contribution in [2.24, 2.45) is 0 Å². The molecule has 24 heavy (non-hydrogen) atoms. The Bertz CT molecular complexity index is 872. The Labute approximate surface area is 142 Å². The fourth-order valence-corrected chi connectivity index (χ4v) is 4.71. The maximum Gasteiger partial charge on any atom is 0.228 e. The molecule has 0 aliphatic carbocycles. The average molecular weight is 343 g/mol. The number of hydrogen-bond acceptors (Lipinski definition) is 3. The minimum Gasteiger partial charge on any atom is -0.326 e. The second kappa shape index (κ2) is 6.77. The van der Waals surface area contributed by atoms with Crippen LogP contribution in [0.1, 0.15) is 30.0 Å². The molecule has 1 heterocycles. The number of aryl methyl sites for hydroxylation is 2. The molecule has 0 fully saturated rings. The number of hydrogen-bond donors (Lipinski definition) is 1. The first-order valence-electron chi connectivity index (χ1n) is 8.22. The molecule has 0 unspecified atom stereocenters. The van der Waals surface area contributed by atoms with Crippen molar-refractivity contribution in [1.82, 2.24) is 0 Å². The van der Waals surface area contributed by atoms with Crippen molar-refractivity contribution in [3.05, 3.63) is 59.2 Å². The summed E-state index contributed by atoms with van der Waals surface area (Å²) in [4.78, 5) is 12.7. The molecule has 2 aromatic carbocycles. The number of rotatable bonds is 4. The molecular weight excluding hydrogens is 322 g/mol. The van der Waals surface area contributed by atoms with Gasteiger partial charge in [0.2, 0.25) is 5.91 Å². The van der Waals surface area contributed by atoms with Crippen molar-refractivity contribution in [2.75, 3.05) is 11.1 Å². The summed E-state index contributed by atoms with van der Waals surface area (Å²) in [6.07, 6.45) is 2.50. The highest BCUT2D eigenvalue weighted by Gasteiger charge is 2.23. The lowest BCUT2D eigenvalue weighted by molar-refractivity contribution is -0.115. The van der Waals surface area contributed by atoms with Crippen molar-refractivity contribution in [3.63, 3.8) is 0 Å². The molecule has 3 rings (SSSR count). The molecule has 0 atom stereocenters. The van der Waals surface area contributed by atoms with Crippen LogP contribution in [0, 0.1) is 0 Å². The summed E-state index contributed by atoms with van der Waals surface area (Å²) < 4.78 is 24.1.